The summed E-state index contributed by atoms with van der Waals surface area (Å²) in [5.41, 5.74) is 2.05. The van der Waals surface area contributed by atoms with E-state index in [-0.39, 0.29) is 17.5 Å². The number of rotatable bonds is 5. The lowest BCUT2D eigenvalue weighted by Crippen LogP contribution is -2.21. The first-order chi connectivity index (χ1) is 9.15. The molecule has 0 bridgehead atoms. The van der Waals surface area contributed by atoms with Gasteiger partial charge in [-0.05, 0) is 49.2 Å². The van der Waals surface area contributed by atoms with E-state index in [1.165, 1.54) is 11.6 Å². The number of aromatic nitrogens is 1. The fourth-order valence-electron chi connectivity index (χ4n) is 1.96. The van der Waals surface area contributed by atoms with Crippen molar-refractivity contribution in [2.75, 3.05) is 6.54 Å². The van der Waals surface area contributed by atoms with Gasteiger partial charge in [0.25, 0.3) is 0 Å². The number of phenolic OH excluding ortho intramolecular Hbond substituents is 2. The number of hydrogen-bond acceptors (Lipinski definition) is 4. The highest BCUT2D eigenvalue weighted by Gasteiger charge is 2.07. The molecule has 0 spiro atoms. The molecule has 2 aromatic rings. The van der Waals surface area contributed by atoms with Gasteiger partial charge in [-0.2, -0.15) is 0 Å². The summed E-state index contributed by atoms with van der Waals surface area (Å²) in [4.78, 5) is 4.07. The van der Waals surface area contributed by atoms with Crippen LogP contribution < -0.4 is 5.32 Å². The van der Waals surface area contributed by atoms with Gasteiger partial charge >= 0.3 is 0 Å². The number of phenols is 2. The Bertz CT molecular complexity index is 509. The van der Waals surface area contributed by atoms with Crippen molar-refractivity contribution >= 4 is 0 Å². The van der Waals surface area contributed by atoms with Crippen LogP contribution in [0.4, 0.5) is 0 Å². The van der Waals surface area contributed by atoms with Crippen molar-refractivity contribution in [3.63, 3.8) is 0 Å². The van der Waals surface area contributed by atoms with E-state index in [1.807, 2.05) is 25.3 Å². The second kappa shape index (κ2) is 6.20. The summed E-state index contributed by atoms with van der Waals surface area (Å²) < 4.78 is 0. The maximum atomic E-state index is 9.45. The molecule has 4 heteroatoms. The summed E-state index contributed by atoms with van der Waals surface area (Å²) >= 11 is 0. The lowest BCUT2D eigenvalue weighted by atomic mass is 10.1. The molecule has 0 saturated carbocycles. The number of benzene rings is 1. The maximum absolute atomic E-state index is 9.45. The third kappa shape index (κ3) is 3.96. The number of nitrogens with zero attached hydrogens (tertiary/aromatic N) is 1. The van der Waals surface area contributed by atoms with Crippen LogP contribution in [0, 0.1) is 0 Å². The fourth-order valence-corrected chi connectivity index (χ4v) is 1.96. The quantitative estimate of drug-likeness (QED) is 0.770. The van der Waals surface area contributed by atoms with Crippen molar-refractivity contribution < 1.29 is 10.2 Å². The highest BCUT2D eigenvalue weighted by molar-refractivity contribution is 5.37. The molecule has 0 radical (unpaired) electrons. The van der Waals surface area contributed by atoms with Crippen LogP contribution in [0.25, 0.3) is 0 Å². The van der Waals surface area contributed by atoms with Gasteiger partial charge in [0.15, 0.2) is 0 Å². The summed E-state index contributed by atoms with van der Waals surface area (Å²) in [5, 5.41) is 22.3. The van der Waals surface area contributed by atoms with E-state index in [9.17, 15) is 10.2 Å². The van der Waals surface area contributed by atoms with Crippen molar-refractivity contribution in [2.45, 2.75) is 19.4 Å². The number of pyridine rings is 1. The average Bonchev–Trinajstić information content (AvgIpc) is 2.38. The van der Waals surface area contributed by atoms with Crippen LogP contribution in [0.2, 0.25) is 0 Å². The van der Waals surface area contributed by atoms with Crippen molar-refractivity contribution in [3.05, 3.63) is 53.9 Å². The Hall–Kier alpha value is -2.07. The molecule has 1 unspecified atom stereocenters. The number of aromatic hydroxyl groups is 2. The van der Waals surface area contributed by atoms with Crippen LogP contribution in [-0.2, 0) is 6.42 Å². The Morgan fingerprint density at radius 2 is 1.95 bits per heavy atom. The molecule has 1 aromatic heterocycles. The summed E-state index contributed by atoms with van der Waals surface area (Å²) in [6, 6.07) is 8.66. The van der Waals surface area contributed by atoms with E-state index >= 15 is 0 Å². The van der Waals surface area contributed by atoms with E-state index in [2.05, 4.69) is 10.3 Å². The second-order valence-electron chi connectivity index (χ2n) is 4.57. The summed E-state index contributed by atoms with van der Waals surface area (Å²) in [6.45, 7) is 2.81. The molecule has 3 N–H and O–H groups in total. The Labute approximate surface area is 112 Å². The maximum Gasteiger partial charge on any atom is 0.119 e. The molecule has 1 heterocycles. The van der Waals surface area contributed by atoms with Crippen LogP contribution in [0.1, 0.15) is 24.1 Å². The van der Waals surface area contributed by atoms with Crippen LogP contribution in [0.15, 0.2) is 42.7 Å². The van der Waals surface area contributed by atoms with Crippen molar-refractivity contribution in [2.24, 2.45) is 0 Å². The molecule has 1 atom stereocenters. The lowest BCUT2D eigenvalue weighted by Gasteiger charge is -2.15. The van der Waals surface area contributed by atoms with Gasteiger partial charge in [-0.1, -0.05) is 6.07 Å². The third-order valence-corrected chi connectivity index (χ3v) is 3.01. The predicted octanol–water partition coefficient (Wildman–Crippen LogP) is 2.39. The van der Waals surface area contributed by atoms with Gasteiger partial charge in [0, 0.05) is 24.5 Å². The smallest absolute Gasteiger partial charge is 0.119 e. The first kappa shape index (κ1) is 13.4. The first-order valence-electron chi connectivity index (χ1n) is 6.30. The molecule has 0 aliphatic rings. The minimum absolute atomic E-state index is 0.0645. The van der Waals surface area contributed by atoms with Gasteiger partial charge in [0.1, 0.15) is 11.5 Å². The van der Waals surface area contributed by atoms with E-state index < -0.39 is 0 Å². The van der Waals surface area contributed by atoms with E-state index in [0.717, 1.165) is 18.5 Å². The average molecular weight is 258 g/mol. The van der Waals surface area contributed by atoms with Gasteiger partial charge in [-0.25, -0.2) is 0 Å². The molecule has 0 amide bonds. The molecule has 2 rings (SSSR count). The molecular weight excluding hydrogens is 240 g/mol. The Balaban J connectivity index is 1.89. The molecule has 0 saturated heterocycles. The predicted molar refractivity (Wildman–Crippen MR) is 74.1 cm³/mol. The van der Waals surface area contributed by atoms with Crippen molar-refractivity contribution in [1.29, 1.82) is 0 Å². The molecule has 0 fully saturated rings. The minimum atomic E-state index is 0.0645. The van der Waals surface area contributed by atoms with Gasteiger partial charge in [0.2, 0.25) is 0 Å². The van der Waals surface area contributed by atoms with Crippen LogP contribution in [0.3, 0.4) is 0 Å². The molecule has 0 aliphatic heterocycles. The Morgan fingerprint density at radius 3 is 2.58 bits per heavy atom. The standard InChI is InChI=1S/C15H18N2O2/c1-11(13-7-14(18)9-15(19)8-13)17-6-4-12-3-2-5-16-10-12/h2-3,5,7-11,17-19H,4,6H2,1H3. The molecule has 1 aromatic carbocycles. The van der Waals surface area contributed by atoms with E-state index in [0.29, 0.717) is 0 Å². The summed E-state index contributed by atoms with van der Waals surface area (Å²) in [5.74, 6) is 0.159. The fraction of sp³-hybridized carbons (Fsp3) is 0.267. The van der Waals surface area contributed by atoms with Crippen LogP contribution >= 0.6 is 0 Å². The first-order valence-corrected chi connectivity index (χ1v) is 6.30. The third-order valence-electron chi connectivity index (χ3n) is 3.01. The largest absolute Gasteiger partial charge is 0.508 e. The normalized spacial score (nSPS) is 12.3. The monoisotopic (exact) mass is 258 g/mol. The second-order valence-corrected chi connectivity index (χ2v) is 4.57. The van der Waals surface area contributed by atoms with Crippen molar-refractivity contribution in [3.8, 4) is 11.5 Å². The van der Waals surface area contributed by atoms with E-state index in [4.69, 9.17) is 0 Å². The SMILES string of the molecule is CC(NCCc1cccnc1)c1cc(O)cc(O)c1. The molecule has 0 aliphatic carbocycles. The summed E-state index contributed by atoms with van der Waals surface area (Å²) in [6.07, 6.45) is 4.50. The molecule has 4 nitrogen and oxygen atoms in total. The highest BCUT2D eigenvalue weighted by atomic mass is 16.3. The van der Waals surface area contributed by atoms with Gasteiger partial charge < -0.3 is 15.5 Å². The zero-order chi connectivity index (χ0) is 13.7. The van der Waals surface area contributed by atoms with E-state index in [1.54, 1.807) is 18.3 Å². The van der Waals surface area contributed by atoms with Gasteiger partial charge in [-0.15, -0.1) is 0 Å². The summed E-state index contributed by atoms with van der Waals surface area (Å²) in [7, 11) is 0. The zero-order valence-electron chi connectivity index (χ0n) is 10.9. The van der Waals surface area contributed by atoms with Crippen LogP contribution in [0.5, 0.6) is 11.5 Å². The Kier molecular flexibility index (Phi) is 4.36. The topological polar surface area (TPSA) is 65.4 Å². The van der Waals surface area contributed by atoms with Gasteiger partial charge in [0.05, 0.1) is 0 Å². The lowest BCUT2D eigenvalue weighted by molar-refractivity contribution is 0.446. The van der Waals surface area contributed by atoms with Crippen molar-refractivity contribution in [1.82, 2.24) is 10.3 Å². The molecule has 19 heavy (non-hydrogen) atoms. The minimum Gasteiger partial charge on any atom is -0.508 e. The molecular formula is C15H18N2O2. The van der Waals surface area contributed by atoms with Gasteiger partial charge in [-0.3, -0.25) is 4.98 Å². The number of nitrogens with one attached hydrogen (secondary N) is 1. The molecule has 100 valence electrons. The highest BCUT2D eigenvalue weighted by Crippen LogP contribution is 2.24. The zero-order valence-corrected chi connectivity index (χ0v) is 10.9. The van der Waals surface area contributed by atoms with Crippen LogP contribution in [-0.4, -0.2) is 21.7 Å². The Morgan fingerprint density at radius 1 is 1.21 bits per heavy atom. The number of hydrogen-bond donors (Lipinski definition) is 3.